The molecule has 1 amide bonds. The number of pyridine rings is 1. The fourth-order valence-electron chi connectivity index (χ4n) is 4.15. The molecule has 27 heavy (non-hydrogen) atoms. The largest absolute Gasteiger partial charge is 0.475 e. The van der Waals surface area contributed by atoms with Gasteiger partial charge in [0, 0.05) is 32.5 Å². The third-order valence-corrected chi connectivity index (χ3v) is 5.83. The lowest BCUT2D eigenvalue weighted by molar-refractivity contribution is -0.0699. The molecule has 2 fully saturated rings. The number of aromatic nitrogens is 3. The molecule has 8 heteroatoms. The summed E-state index contributed by atoms with van der Waals surface area (Å²) in [5.41, 5.74) is 0.581. The van der Waals surface area contributed by atoms with E-state index in [0.717, 1.165) is 19.4 Å². The van der Waals surface area contributed by atoms with Crippen molar-refractivity contribution in [3.63, 3.8) is 0 Å². The summed E-state index contributed by atoms with van der Waals surface area (Å²) in [6.45, 7) is 2.77. The van der Waals surface area contributed by atoms with E-state index >= 15 is 0 Å². The molecular weight excluding hydrogens is 349 g/mol. The van der Waals surface area contributed by atoms with Crippen molar-refractivity contribution in [2.45, 2.75) is 18.4 Å². The highest BCUT2D eigenvalue weighted by atomic mass is 19.1. The highest BCUT2D eigenvalue weighted by Crippen LogP contribution is 2.39. The van der Waals surface area contributed by atoms with E-state index in [1.54, 1.807) is 30.1 Å². The van der Waals surface area contributed by atoms with Gasteiger partial charge >= 0.3 is 0 Å². The van der Waals surface area contributed by atoms with Gasteiger partial charge in [0.2, 0.25) is 5.88 Å². The Morgan fingerprint density at radius 1 is 1.33 bits per heavy atom. The van der Waals surface area contributed by atoms with Gasteiger partial charge in [-0.15, -0.1) is 0 Å². The zero-order valence-electron chi connectivity index (χ0n) is 15.6. The molecule has 4 heterocycles. The third kappa shape index (κ3) is 3.29. The molecule has 2 saturated heterocycles. The molecule has 0 N–H and O–H groups in total. The SMILES string of the molecule is CN1CC[C@@H](COc2ncccc2F)CC12CN(C(=O)c1ccnn1C)C2. The number of ether oxygens (including phenoxy) is 1. The van der Waals surface area contributed by atoms with Gasteiger partial charge in [-0.05, 0) is 50.6 Å². The number of amides is 1. The second kappa shape index (κ2) is 6.92. The fourth-order valence-corrected chi connectivity index (χ4v) is 4.15. The minimum Gasteiger partial charge on any atom is -0.475 e. The van der Waals surface area contributed by atoms with E-state index in [-0.39, 0.29) is 17.3 Å². The van der Waals surface area contributed by atoms with E-state index in [4.69, 9.17) is 4.74 Å². The summed E-state index contributed by atoms with van der Waals surface area (Å²) in [5, 5.41) is 4.08. The lowest BCUT2D eigenvalue weighted by Gasteiger charge is -2.58. The summed E-state index contributed by atoms with van der Waals surface area (Å²) in [4.78, 5) is 20.8. The van der Waals surface area contributed by atoms with Gasteiger partial charge in [-0.3, -0.25) is 14.4 Å². The number of carbonyl (C=O) groups is 1. The van der Waals surface area contributed by atoms with Crippen molar-refractivity contribution < 1.29 is 13.9 Å². The second-order valence-electron chi connectivity index (χ2n) is 7.61. The summed E-state index contributed by atoms with van der Waals surface area (Å²) in [5.74, 6) is -0.0386. The first-order valence-electron chi connectivity index (χ1n) is 9.20. The van der Waals surface area contributed by atoms with E-state index in [2.05, 4.69) is 22.0 Å². The third-order valence-electron chi connectivity index (χ3n) is 5.83. The number of likely N-dealkylation sites (N-methyl/N-ethyl adjacent to an activating group) is 1. The van der Waals surface area contributed by atoms with Crippen LogP contribution in [-0.4, -0.2) is 69.3 Å². The van der Waals surface area contributed by atoms with Crippen molar-refractivity contribution in [2.24, 2.45) is 13.0 Å². The number of hydrogen-bond acceptors (Lipinski definition) is 5. The van der Waals surface area contributed by atoms with Crippen molar-refractivity contribution in [2.75, 3.05) is 33.3 Å². The number of nitrogens with zero attached hydrogens (tertiary/aromatic N) is 5. The topological polar surface area (TPSA) is 63.5 Å². The van der Waals surface area contributed by atoms with E-state index in [9.17, 15) is 9.18 Å². The molecule has 0 unspecified atom stereocenters. The minimum absolute atomic E-state index is 0.0166. The molecule has 0 aliphatic carbocycles. The van der Waals surface area contributed by atoms with Crippen LogP contribution >= 0.6 is 0 Å². The quantitative estimate of drug-likeness (QED) is 0.814. The molecule has 2 aliphatic heterocycles. The van der Waals surface area contributed by atoms with Crippen LogP contribution in [-0.2, 0) is 7.05 Å². The molecule has 0 bridgehead atoms. The first-order valence-corrected chi connectivity index (χ1v) is 9.20. The maximum absolute atomic E-state index is 13.7. The Kier molecular flexibility index (Phi) is 4.59. The van der Waals surface area contributed by atoms with E-state index in [1.165, 1.54) is 12.3 Å². The fraction of sp³-hybridized carbons (Fsp3) is 0.526. The molecule has 0 aromatic carbocycles. The number of carbonyl (C=O) groups excluding carboxylic acids is 1. The van der Waals surface area contributed by atoms with Crippen LogP contribution in [0.1, 0.15) is 23.3 Å². The molecule has 1 spiro atoms. The van der Waals surface area contributed by atoms with Crippen LogP contribution in [0.5, 0.6) is 5.88 Å². The van der Waals surface area contributed by atoms with Gasteiger partial charge in [-0.1, -0.05) is 0 Å². The number of piperidine rings is 1. The number of rotatable bonds is 4. The predicted octanol–water partition coefficient (Wildman–Crippen LogP) is 1.57. The summed E-state index contributed by atoms with van der Waals surface area (Å²) in [6, 6.07) is 4.65. The van der Waals surface area contributed by atoms with Crippen molar-refractivity contribution in [1.82, 2.24) is 24.6 Å². The van der Waals surface area contributed by atoms with Gasteiger partial charge in [0.15, 0.2) is 5.82 Å². The lowest BCUT2D eigenvalue weighted by Crippen LogP contribution is -2.72. The Balaban J connectivity index is 1.37. The Hall–Kier alpha value is -2.48. The van der Waals surface area contributed by atoms with Crippen LogP contribution in [0.15, 0.2) is 30.6 Å². The number of halogens is 1. The Labute approximate surface area is 157 Å². The average molecular weight is 373 g/mol. The molecule has 2 aromatic heterocycles. The first-order chi connectivity index (χ1) is 13.0. The highest BCUT2D eigenvalue weighted by molar-refractivity contribution is 5.93. The van der Waals surface area contributed by atoms with Crippen LogP contribution in [0.25, 0.3) is 0 Å². The standard InChI is InChI=1S/C19H24FN5O2/c1-23-9-6-14(11-27-17-15(20)4-3-7-21-17)10-19(23)12-25(13-19)18(26)16-5-8-22-24(16)2/h3-5,7-8,14H,6,9-13H2,1-2H3/t14-/m1/s1. The molecule has 2 aromatic rings. The van der Waals surface area contributed by atoms with Crippen molar-refractivity contribution in [3.8, 4) is 5.88 Å². The maximum atomic E-state index is 13.7. The first kappa shape index (κ1) is 17.9. The number of likely N-dealkylation sites (tertiary alicyclic amines) is 2. The Bertz CT molecular complexity index is 833. The summed E-state index contributed by atoms with van der Waals surface area (Å²) in [7, 11) is 3.89. The summed E-state index contributed by atoms with van der Waals surface area (Å²) >= 11 is 0. The van der Waals surface area contributed by atoms with Gasteiger partial charge in [0.1, 0.15) is 5.69 Å². The number of hydrogen-bond donors (Lipinski definition) is 0. The van der Waals surface area contributed by atoms with E-state index < -0.39 is 5.82 Å². The molecular formula is C19H24FN5O2. The van der Waals surface area contributed by atoms with Crippen molar-refractivity contribution in [3.05, 3.63) is 42.1 Å². The predicted molar refractivity (Wildman–Crippen MR) is 96.9 cm³/mol. The summed E-state index contributed by atoms with van der Waals surface area (Å²) in [6.07, 6.45) is 5.08. The Morgan fingerprint density at radius 3 is 2.85 bits per heavy atom. The number of aryl methyl sites for hydroxylation is 1. The lowest BCUT2D eigenvalue weighted by atomic mass is 9.75. The molecule has 0 radical (unpaired) electrons. The normalized spacial score (nSPS) is 21.9. The van der Waals surface area contributed by atoms with Crippen LogP contribution in [0.4, 0.5) is 4.39 Å². The smallest absolute Gasteiger partial charge is 0.272 e. The molecule has 4 rings (SSSR count). The van der Waals surface area contributed by atoms with Gasteiger partial charge in [-0.25, -0.2) is 9.37 Å². The van der Waals surface area contributed by atoms with Crippen molar-refractivity contribution in [1.29, 1.82) is 0 Å². The average Bonchev–Trinajstić information content (AvgIpc) is 3.06. The molecule has 144 valence electrons. The van der Waals surface area contributed by atoms with Crippen LogP contribution < -0.4 is 4.74 Å². The Morgan fingerprint density at radius 2 is 2.15 bits per heavy atom. The monoisotopic (exact) mass is 373 g/mol. The van der Waals surface area contributed by atoms with Gasteiger partial charge in [-0.2, -0.15) is 5.10 Å². The molecule has 0 saturated carbocycles. The van der Waals surface area contributed by atoms with Crippen molar-refractivity contribution >= 4 is 5.91 Å². The van der Waals surface area contributed by atoms with Crippen LogP contribution in [0.3, 0.4) is 0 Å². The second-order valence-corrected chi connectivity index (χ2v) is 7.61. The zero-order valence-corrected chi connectivity index (χ0v) is 15.6. The molecule has 7 nitrogen and oxygen atoms in total. The van der Waals surface area contributed by atoms with Gasteiger partial charge in [0.25, 0.3) is 5.91 Å². The van der Waals surface area contributed by atoms with Gasteiger partial charge in [0.05, 0.1) is 12.1 Å². The van der Waals surface area contributed by atoms with E-state index in [0.29, 0.717) is 31.3 Å². The zero-order chi connectivity index (χ0) is 19.0. The molecule has 1 atom stereocenters. The maximum Gasteiger partial charge on any atom is 0.272 e. The van der Waals surface area contributed by atoms with E-state index in [1.807, 2.05) is 4.90 Å². The van der Waals surface area contributed by atoms with Crippen LogP contribution in [0.2, 0.25) is 0 Å². The van der Waals surface area contributed by atoms with Gasteiger partial charge < -0.3 is 9.64 Å². The summed E-state index contributed by atoms with van der Waals surface area (Å²) < 4.78 is 20.9. The molecule has 2 aliphatic rings. The minimum atomic E-state index is -0.434. The highest BCUT2D eigenvalue weighted by Gasteiger charge is 2.51. The van der Waals surface area contributed by atoms with Crippen LogP contribution in [0, 0.1) is 11.7 Å².